The fraction of sp³-hybridized carbons (Fsp3) is 0.700. The Bertz CT molecular complexity index is 332. The first-order valence-corrected chi connectivity index (χ1v) is 5.63. The van der Waals surface area contributed by atoms with Crippen LogP contribution < -0.4 is 5.32 Å². The van der Waals surface area contributed by atoms with Crippen LogP contribution in [0.3, 0.4) is 0 Å². The summed E-state index contributed by atoms with van der Waals surface area (Å²) in [6.07, 6.45) is 2.09. The molecule has 0 bridgehead atoms. The van der Waals surface area contributed by atoms with E-state index in [0.717, 1.165) is 36.0 Å². The highest BCUT2D eigenvalue weighted by molar-refractivity contribution is 6.33. The van der Waals surface area contributed by atoms with Gasteiger partial charge in [-0.2, -0.15) is 5.10 Å². The quantitative estimate of drug-likeness (QED) is 0.819. The van der Waals surface area contributed by atoms with Crippen molar-refractivity contribution in [3.05, 3.63) is 10.7 Å². The second-order valence-electron chi connectivity index (χ2n) is 3.80. The largest absolute Gasteiger partial charge is 0.369 e. The number of halogens is 1. The monoisotopic (exact) mass is 213 g/mol. The lowest BCUT2D eigenvalue weighted by molar-refractivity contribution is 0.403. The number of fused-ring (bicyclic) bond motifs is 1. The molecule has 1 unspecified atom stereocenters. The molecule has 78 valence electrons. The molecular formula is C10H16ClN3. The van der Waals surface area contributed by atoms with Gasteiger partial charge in [0.1, 0.15) is 10.8 Å². The molecular weight excluding hydrogens is 198 g/mol. The Kier molecular flexibility index (Phi) is 2.68. The molecule has 2 heterocycles. The van der Waals surface area contributed by atoms with Crippen LogP contribution in [-0.2, 0) is 13.0 Å². The summed E-state index contributed by atoms with van der Waals surface area (Å²) >= 11 is 6.19. The third-order valence-corrected chi connectivity index (χ3v) is 3.26. The molecule has 1 aliphatic heterocycles. The van der Waals surface area contributed by atoms with Crippen molar-refractivity contribution < 1.29 is 0 Å². The zero-order valence-corrected chi connectivity index (χ0v) is 9.43. The van der Waals surface area contributed by atoms with E-state index in [-0.39, 0.29) is 0 Å². The zero-order chi connectivity index (χ0) is 10.1. The highest BCUT2D eigenvalue weighted by Crippen LogP contribution is 2.30. The molecule has 1 atom stereocenters. The van der Waals surface area contributed by atoms with Crippen molar-refractivity contribution in [2.24, 2.45) is 5.92 Å². The van der Waals surface area contributed by atoms with Crippen molar-refractivity contribution in [1.82, 2.24) is 9.78 Å². The number of nitrogens with zero attached hydrogens (tertiary/aromatic N) is 2. The molecule has 0 saturated carbocycles. The van der Waals surface area contributed by atoms with Crippen LogP contribution in [0.5, 0.6) is 0 Å². The number of rotatable bonds is 2. The van der Waals surface area contributed by atoms with Gasteiger partial charge >= 0.3 is 0 Å². The second kappa shape index (κ2) is 3.81. The molecule has 1 N–H and O–H groups in total. The Labute approximate surface area is 89.4 Å². The van der Waals surface area contributed by atoms with Crippen LogP contribution in [0.25, 0.3) is 0 Å². The molecule has 0 amide bonds. The fourth-order valence-electron chi connectivity index (χ4n) is 1.84. The van der Waals surface area contributed by atoms with Crippen LogP contribution in [0, 0.1) is 5.92 Å². The summed E-state index contributed by atoms with van der Waals surface area (Å²) in [5.41, 5.74) is 1.01. The third kappa shape index (κ3) is 1.50. The topological polar surface area (TPSA) is 29.9 Å². The first-order chi connectivity index (χ1) is 6.76. The summed E-state index contributed by atoms with van der Waals surface area (Å²) in [6, 6.07) is 0. The van der Waals surface area contributed by atoms with E-state index in [1.807, 2.05) is 4.68 Å². The van der Waals surface area contributed by atoms with Crippen LogP contribution >= 0.6 is 11.6 Å². The maximum Gasteiger partial charge on any atom is 0.143 e. The summed E-state index contributed by atoms with van der Waals surface area (Å²) in [4.78, 5) is 0. The van der Waals surface area contributed by atoms with Gasteiger partial charge < -0.3 is 5.32 Å². The van der Waals surface area contributed by atoms with Crippen molar-refractivity contribution in [2.75, 3.05) is 11.9 Å². The molecule has 4 heteroatoms. The van der Waals surface area contributed by atoms with Gasteiger partial charge in [0.15, 0.2) is 0 Å². The molecule has 1 aliphatic rings. The summed E-state index contributed by atoms with van der Waals surface area (Å²) < 4.78 is 2.01. The standard InChI is InChI=1S/C10H16ClN3/c1-3-7-5-12-10-9(11)8(4-2)13-14(10)6-7/h7,12H,3-6H2,1-2H3. The number of nitrogens with one attached hydrogen (secondary N) is 1. The van der Waals surface area contributed by atoms with Crippen molar-refractivity contribution in [1.29, 1.82) is 0 Å². The lowest BCUT2D eigenvalue weighted by Crippen LogP contribution is -2.27. The predicted octanol–water partition coefficient (Wildman–Crippen LogP) is 2.55. The number of hydrogen-bond donors (Lipinski definition) is 1. The van der Waals surface area contributed by atoms with Crippen molar-refractivity contribution >= 4 is 17.4 Å². The summed E-state index contributed by atoms with van der Waals surface area (Å²) in [6.45, 7) is 6.31. The van der Waals surface area contributed by atoms with Gasteiger partial charge in [-0.05, 0) is 18.8 Å². The Hall–Kier alpha value is -0.700. The molecule has 0 aromatic carbocycles. The summed E-state index contributed by atoms with van der Waals surface area (Å²) in [5.74, 6) is 1.69. The van der Waals surface area contributed by atoms with Gasteiger partial charge in [0, 0.05) is 13.1 Å². The minimum absolute atomic E-state index is 0.683. The van der Waals surface area contributed by atoms with E-state index in [2.05, 4.69) is 24.3 Å². The van der Waals surface area contributed by atoms with Gasteiger partial charge in [-0.15, -0.1) is 0 Å². The molecule has 0 aliphatic carbocycles. The maximum absolute atomic E-state index is 6.19. The normalized spacial score (nSPS) is 20.4. The van der Waals surface area contributed by atoms with Gasteiger partial charge in [-0.25, -0.2) is 4.68 Å². The highest BCUT2D eigenvalue weighted by atomic mass is 35.5. The summed E-state index contributed by atoms with van der Waals surface area (Å²) in [7, 11) is 0. The van der Waals surface area contributed by atoms with E-state index in [0.29, 0.717) is 5.92 Å². The first-order valence-electron chi connectivity index (χ1n) is 5.25. The average molecular weight is 214 g/mol. The number of aryl methyl sites for hydroxylation is 1. The first kappa shape index (κ1) is 9.84. The predicted molar refractivity (Wildman–Crippen MR) is 58.9 cm³/mol. The molecule has 0 saturated heterocycles. The Balaban J connectivity index is 2.30. The third-order valence-electron chi connectivity index (χ3n) is 2.86. The van der Waals surface area contributed by atoms with Crippen LogP contribution in [0.2, 0.25) is 5.02 Å². The lowest BCUT2D eigenvalue weighted by Gasteiger charge is -2.23. The van der Waals surface area contributed by atoms with Gasteiger partial charge in [0.2, 0.25) is 0 Å². The highest BCUT2D eigenvalue weighted by Gasteiger charge is 2.22. The van der Waals surface area contributed by atoms with Crippen molar-refractivity contribution in [2.45, 2.75) is 33.2 Å². The molecule has 0 fully saturated rings. The fourth-order valence-corrected chi connectivity index (χ4v) is 2.18. The Morgan fingerprint density at radius 1 is 1.57 bits per heavy atom. The molecule has 1 aromatic rings. The smallest absolute Gasteiger partial charge is 0.143 e. The van der Waals surface area contributed by atoms with Gasteiger partial charge in [0.05, 0.1) is 5.69 Å². The Morgan fingerprint density at radius 3 is 3.00 bits per heavy atom. The number of aromatic nitrogens is 2. The van der Waals surface area contributed by atoms with Gasteiger partial charge in [0.25, 0.3) is 0 Å². The molecule has 2 rings (SSSR count). The minimum Gasteiger partial charge on any atom is -0.369 e. The second-order valence-corrected chi connectivity index (χ2v) is 4.18. The van der Waals surface area contributed by atoms with E-state index in [1.165, 1.54) is 6.42 Å². The molecule has 0 radical (unpaired) electrons. The number of anilines is 1. The van der Waals surface area contributed by atoms with Gasteiger partial charge in [-0.1, -0.05) is 25.4 Å². The van der Waals surface area contributed by atoms with E-state index in [1.54, 1.807) is 0 Å². The van der Waals surface area contributed by atoms with Crippen LogP contribution in [0.15, 0.2) is 0 Å². The van der Waals surface area contributed by atoms with E-state index < -0.39 is 0 Å². The molecule has 3 nitrogen and oxygen atoms in total. The van der Waals surface area contributed by atoms with Crippen molar-refractivity contribution in [3.8, 4) is 0 Å². The van der Waals surface area contributed by atoms with Crippen molar-refractivity contribution in [3.63, 3.8) is 0 Å². The lowest BCUT2D eigenvalue weighted by atomic mass is 10.1. The van der Waals surface area contributed by atoms with Crippen LogP contribution in [-0.4, -0.2) is 16.3 Å². The van der Waals surface area contributed by atoms with Crippen LogP contribution in [0.1, 0.15) is 26.0 Å². The zero-order valence-electron chi connectivity index (χ0n) is 8.68. The molecule has 1 aromatic heterocycles. The van der Waals surface area contributed by atoms with E-state index >= 15 is 0 Å². The average Bonchev–Trinajstić information content (AvgIpc) is 2.55. The number of hydrogen-bond acceptors (Lipinski definition) is 2. The van der Waals surface area contributed by atoms with Crippen LogP contribution in [0.4, 0.5) is 5.82 Å². The minimum atomic E-state index is 0.683. The summed E-state index contributed by atoms with van der Waals surface area (Å²) in [5, 5.41) is 8.65. The molecule has 0 spiro atoms. The SMILES string of the molecule is CCc1nn2c(c1Cl)NCC(CC)C2. The molecule has 14 heavy (non-hydrogen) atoms. The van der Waals surface area contributed by atoms with E-state index in [4.69, 9.17) is 11.6 Å². The Morgan fingerprint density at radius 2 is 2.36 bits per heavy atom. The maximum atomic E-state index is 6.19. The van der Waals surface area contributed by atoms with Gasteiger partial charge in [-0.3, -0.25) is 0 Å². The van der Waals surface area contributed by atoms with E-state index in [9.17, 15) is 0 Å².